The number of hydrazone groups is 1. The van der Waals surface area contributed by atoms with E-state index >= 15 is 0 Å². The molecule has 0 unspecified atom stereocenters. The van der Waals surface area contributed by atoms with Crippen molar-refractivity contribution < 1.29 is 4.79 Å². The minimum atomic E-state index is -0.0402. The first-order valence-electron chi connectivity index (χ1n) is 7.78. The number of rotatable bonds is 5. The fourth-order valence-corrected chi connectivity index (χ4v) is 2.51. The summed E-state index contributed by atoms with van der Waals surface area (Å²) in [5, 5.41) is 4.32. The van der Waals surface area contributed by atoms with Crippen LogP contribution >= 0.6 is 0 Å². The van der Waals surface area contributed by atoms with E-state index in [-0.39, 0.29) is 5.91 Å². The van der Waals surface area contributed by atoms with Crippen molar-refractivity contribution in [3.8, 4) is 0 Å². The van der Waals surface area contributed by atoms with Crippen LogP contribution in [0.1, 0.15) is 38.7 Å². The van der Waals surface area contributed by atoms with Crippen LogP contribution in [0.4, 0.5) is 0 Å². The topological polar surface area (TPSA) is 41.5 Å². The highest BCUT2D eigenvalue weighted by atomic mass is 16.2. The van der Waals surface area contributed by atoms with Crippen molar-refractivity contribution in [2.45, 2.75) is 39.5 Å². The first kappa shape index (κ1) is 16.2. The van der Waals surface area contributed by atoms with Crippen LogP contribution in [0.2, 0.25) is 0 Å². The summed E-state index contributed by atoms with van der Waals surface area (Å²) in [4.78, 5) is 11.9. The number of allylic oxidation sites excluding steroid dienone is 3. The summed E-state index contributed by atoms with van der Waals surface area (Å²) in [5.41, 5.74) is 7.15. The second-order valence-corrected chi connectivity index (χ2v) is 5.95. The Morgan fingerprint density at radius 1 is 1.36 bits per heavy atom. The van der Waals surface area contributed by atoms with Gasteiger partial charge in [-0.05, 0) is 50.2 Å². The molecule has 22 heavy (non-hydrogen) atoms. The lowest BCUT2D eigenvalue weighted by molar-refractivity contribution is -0.121. The van der Waals surface area contributed by atoms with Crippen molar-refractivity contribution in [1.82, 2.24) is 5.43 Å². The molecule has 0 heterocycles. The number of benzene rings is 1. The smallest absolute Gasteiger partial charge is 0.240 e. The summed E-state index contributed by atoms with van der Waals surface area (Å²) in [6.07, 6.45) is 5.24. The molecule has 0 saturated carbocycles. The number of nitrogens with one attached hydrogen (secondary N) is 1. The summed E-state index contributed by atoms with van der Waals surface area (Å²) in [6.45, 7) is 8.12. The van der Waals surface area contributed by atoms with Gasteiger partial charge in [-0.2, -0.15) is 5.10 Å². The molecule has 0 bridgehead atoms. The lowest BCUT2D eigenvalue weighted by Gasteiger charge is -2.22. The molecule has 1 aliphatic carbocycles. The molecule has 0 fully saturated rings. The van der Waals surface area contributed by atoms with Gasteiger partial charge in [-0.3, -0.25) is 4.79 Å². The van der Waals surface area contributed by atoms with Crippen LogP contribution in [-0.4, -0.2) is 11.6 Å². The van der Waals surface area contributed by atoms with Crippen LogP contribution in [0.5, 0.6) is 0 Å². The van der Waals surface area contributed by atoms with Crippen molar-refractivity contribution in [2.75, 3.05) is 0 Å². The van der Waals surface area contributed by atoms with E-state index in [1.807, 2.05) is 37.3 Å². The quantitative estimate of drug-likeness (QED) is 0.647. The van der Waals surface area contributed by atoms with Crippen LogP contribution in [-0.2, 0) is 11.2 Å². The van der Waals surface area contributed by atoms with E-state index in [0.717, 1.165) is 30.5 Å². The van der Waals surface area contributed by atoms with E-state index in [1.165, 1.54) is 11.1 Å². The van der Waals surface area contributed by atoms with E-state index in [4.69, 9.17) is 0 Å². The molecule has 2 rings (SSSR count). The van der Waals surface area contributed by atoms with Crippen LogP contribution in [0.25, 0.3) is 0 Å². The zero-order chi connectivity index (χ0) is 15.9. The first-order valence-corrected chi connectivity index (χ1v) is 7.78. The molecule has 3 heteroatoms. The van der Waals surface area contributed by atoms with E-state index in [0.29, 0.717) is 12.3 Å². The lowest BCUT2D eigenvalue weighted by atomic mass is 9.85. The van der Waals surface area contributed by atoms with E-state index < -0.39 is 0 Å². The van der Waals surface area contributed by atoms with Gasteiger partial charge in [0.15, 0.2) is 0 Å². The highest BCUT2D eigenvalue weighted by Crippen LogP contribution is 2.26. The van der Waals surface area contributed by atoms with Crippen molar-refractivity contribution in [2.24, 2.45) is 11.0 Å². The maximum absolute atomic E-state index is 11.9. The summed E-state index contributed by atoms with van der Waals surface area (Å²) < 4.78 is 0. The Labute approximate surface area is 132 Å². The van der Waals surface area contributed by atoms with E-state index in [1.54, 1.807) is 0 Å². The average Bonchev–Trinajstić information content (AvgIpc) is 2.53. The number of amides is 1. The normalized spacial score (nSPS) is 19.6. The molecule has 3 nitrogen and oxygen atoms in total. The fraction of sp³-hybridized carbons (Fsp3) is 0.368. The third-order valence-corrected chi connectivity index (χ3v) is 4.10. The van der Waals surface area contributed by atoms with Crippen LogP contribution < -0.4 is 5.43 Å². The molecule has 0 radical (unpaired) electrons. The Kier molecular flexibility index (Phi) is 5.70. The third-order valence-electron chi connectivity index (χ3n) is 4.10. The second kappa shape index (κ2) is 7.74. The van der Waals surface area contributed by atoms with Crippen molar-refractivity contribution in [3.63, 3.8) is 0 Å². The van der Waals surface area contributed by atoms with Gasteiger partial charge < -0.3 is 0 Å². The predicted octanol–water partition coefficient (Wildman–Crippen LogP) is 4.02. The molecule has 0 spiro atoms. The number of nitrogens with zero attached hydrogens (tertiary/aromatic N) is 1. The molecule has 1 N–H and O–H groups in total. The molecule has 1 aromatic rings. The predicted molar refractivity (Wildman–Crippen MR) is 91.6 cm³/mol. The monoisotopic (exact) mass is 296 g/mol. The number of carbonyl (C=O) groups excluding carboxylic acids is 1. The van der Waals surface area contributed by atoms with Gasteiger partial charge in [0.05, 0.1) is 5.71 Å². The maximum atomic E-state index is 11.9. The van der Waals surface area contributed by atoms with Gasteiger partial charge in [0.1, 0.15) is 0 Å². The Balaban J connectivity index is 1.87. The lowest BCUT2D eigenvalue weighted by Crippen LogP contribution is -2.23. The van der Waals surface area contributed by atoms with Crippen LogP contribution in [0.3, 0.4) is 0 Å². The standard InChI is InChI=1S/C19H24N2O/c1-14(2)17-11-9-15(3)18(13-17)20-21-19(22)12-10-16-7-5-4-6-8-16/h4-9,17H,1,10-13H2,2-3H3,(H,21,22)/b20-18+/t17-/m1/s1. The largest absolute Gasteiger partial charge is 0.273 e. The highest BCUT2D eigenvalue weighted by molar-refractivity contribution is 6.01. The SMILES string of the molecule is C=C(C)[C@@H]1CC=C(C)/C(=N/NC(=O)CCc2ccccc2)C1. The summed E-state index contributed by atoms with van der Waals surface area (Å²) >= 11 is 0. The first-order chi connectivity index (χ1) is 10.6. The molecule has 1 atom stereocenters. The van der Waals surface area contributed by atoms with Crippen molar-refractivity contribution in [1.29, 1.82) is 0 Å². The van der Waals surface area contributed by atoms with Gasteiger partial charge in [0, 0.05) is 6.42 Å². The molecule has 0 saturated heterocycles. The number of carbonyl (C=O) groups is 1. The Hall–Kier alpha value is -2.16. The number of aryl methyl sites for hydroxylation is 1. The fourth-order valence-electron chi connectivity index (χ4n) is 2.51. The molecular formula is C19H24N2O. The van der Waals surface area contributed by atoms with Gasteiger partial charge in [-0.1, -0.05) is 48.6 Å². The van der Waals surface area contributed by atoms with Crippen molar-refractivity contribution >= 4 is 11.6 Å². The molecule has 1 aliphatic rings. The highest BCUT2D eigenvalue weighted by Gasteiger charge is 2.18. The molecule has 0 aliphatic heterocycles. The molecule has 116 valence electrons. The van der Waals surface area contributed by atoms with Crippen LogP contribution in [0.15, 0.2) is 59.2 Å². The van der Waals surface area contributed by atoms with Gasteiger partial charge in [-0.15, -0.1) is 0 Å². The summed E-state index contributed by atoms with van der Waals surface area (Å²) in [7, 11) is 0. The molecule has 1 amide bonds. The van der Waals surface area contributed by atoms with E-state index in [2.05, 4.69) is 30.1 Å². The Morgan fingerprint density at radius 2 is 2.09 bits per heavy atom. The summed E-state index contributed by atoms with van der Waals surface area (Å²) in [5.74, 6) is 0.394. The minimum absolute atomic E-state index is 0.0402. The Bertz CT molecular complexity index is 599. The minimum Gasteiger partial charge on any atom is -0.273 e. The average molecular weight is 296 g/mol. The summed E-state index contributed by atoms with van der Waals surface area (Å²) in [6, 6.07) is 10.0. The number of hydrogen-bond donors (Lipinski definition) is 1. The van der Waals surface area contributed by atoms with Crippen LogP contribution in [0, 0.1) is 5.92 Å². The molecule has 0 aromatic heterocycles. The molecule has 1 aromatic carbocycles. The van der Waals surface area contributed by atoms with Crippen molar-refractivity contribution in [3.05, 3.63) is 59.7 Å². The Morgan fingerprint density at radius 3 is 2.77 bits per heavy atom. The van der Waals surface area contributed by atoms with Gasteiger partial charge in [0.25, 0.3) is 0 Å². The zero-order valence-corrected chi connectivity index (χ0v) is 13.4. The number of hydrogen-bond acceptors (Lipinski definition) is 2. The second-order valence-electron chi connectivity index (χ2n) is 5.95. The van der Waals surface area contributed by atoms with Gasteiger partial charge in [0.2, 0.25) is 5.91 Å². The van der Waals surface area contributed by atoms with Gasteiger partial charge >= 0.3 is 0 Å². The maximum Gasteiger partial charge on any atom is 0.240 e. The van der Waals surface area contributed by atoms with E-state index in [9.17, 15) is 4.79 Å². The third kappa shape index (κ3) is 4.69. The zero-order valence-electron chi connectivity index (χ0n) is 13.4. The molecular weight excluding hydrogens is 272 g/mol. The van der Waals surface area contributed by atoms with Gasteiger partial charge in [-0.25, -0.2) is 5.43 Å².